The van der Waals surface area contributed by atoms with E-state index in [1.54, 1.807) is 12.1 Å². The van der Waals surface area contributed by atoms with Crippen molar-refractivity contribution in [3.05, 3.63) is 29.8 Å². The maximum atomic E-state index is 9.31. The van der Waals surface area contributed by atoms with Crippen molar-refractivity contribution >= 4 is 0 Å². The van der Waals surface area contributed by atoms with Gasteiger partial charge in [0, 0.05) is 12.1 Å². The Morgan fingerprint density at radius 1 is 1.23 bits per heavy atom. The van der Waals surface area contributed by atoms with Crippen LogP contribution in [0.15, 0.2) is 24.3 Å². The first kappa shape index (κ1) is 17.3. The molecule has 1 atom stereocenters. The van der Waals surface area contributed by atoms with Gasteiger partial charge in [-0.1, -0.05) is 25.5 Å². The van der Waals surface area contributed by atoms with Crippen molar-refractivity contribution in [3.8, 4) is 5.75 Å². The fraction of sp³-hybridized carbons (Fsp3) is 0.684. The van der Waals surface area contributed by atoms with Crippen molar-refractivity contribution in [2.45, 2.75) is 64.5 Å². The Hall–Kier alpha value is -1.06. The summed E-state index contributed by atoms with van der Waals surface area (Å²) in [6.45, 7) is 8.35. The largest absolute Gasteiger partial charge is 0.508 e. The number of nitrogens with one attached hydrogen (secondary N) is 1. The van der Waals surface area contributed by atoms with E-state index in [2.05, 4.69) is 24.1 Å². The lowest BCUT2D eigenvalue weighted by Crippen LogP contribution is -2.45. The van der Waals surface area contributed by atoms with Crippen LogP contribution in [0.25, 0.3) is 0 Å². The number of phenols is 1. The molecule has 0 bridgehead atoms. The Morgan fingerprint density at radius 3 is 2.55 bits per heavy atom. The second kappa shape index (κ2) is 9.16. The third-order valence-corrected chi connectivity index (χ3v) is 4.74. The standard InChI is InChI=1S/C19H32N2O/c1-3-4-13-21-14-11-18(12-15-21)20-16(2)5-6-17-7-9-19(22)10-8-17/h7-10,16,18,20,22H,3-6,11-15H2,1-2H3. The van der Waals surface area contributed by atoms with Crippen LogP contribution in [-0.4, -0.2) is 41.7 Å². The Bertz CT molecular complexity index is 410. The molecule has 124 valence electrons. The fourth-order valence-electron chi connectivity index (χ4n) is 3.24. The van der Waals surface area contributed by atoms with Crippen molar-refractivity contribution in [2.24, 2.45) is 0 Å². The first-order valence-corrected chi connectivity index (χ1v) is 8.93. The number of aromatic hydroxyl groups is 1. The van der Waals surface area contributed by atoms with Crippen LogP contribution >= 0.6 is 0 Å². The molecule has 3 heteroatoms. The van der Waals surface area contributed by atoms with Crippen molar-refractivity contribution in [2.75, 3.05) is 19.6 Å². The quantitative estimate of drug-likeness (QED) is 0.771. The number of unbranched alkanes of at least 4 members (excludes halogenated alkanes) is 1. The van der Waals surface area contributed by atoms with Gasteiger partial charge in [0.25, 0.3) is 0 Å². The van der Waals surface area contributed by atoms with E-state index in [1.165, 1.54) is 50.9 Å². The highest BCUT2D eigenvalue weighted by molar-refractivity contribution is 5.25. The molecule has 0 saturated carbocycles. The maximum Gasteiger partial charge on any atom is 0.115 e. The molecule has 0 aliphatic carbocycles. The monoisotopic (exact) mass is 304 g/mol. The summed E-state index contributed by atoms with van der Waals surface area (Å²) in [7, 11) is 0. The first-order valence-electron chi connectivity index (χ1n) is 8.93. The van der Waals surface area contributed by atoms with Crippen LogP contribution in [0.4, 0.5) is 0 Å². The number of likely N-dealkylation sites (tertiary alicyclic amines) is 1. The molecule has 3 nitrogen and oxygen atoms in total. The van der Waals surface area contributed by atoms with Gasteiger partial charge < -0.3 is 15.3 Å². The highest BCUT2D eigenvalue weighted by atomic mass is 16.3. The number of phenolic OH excluding ortho intramolecular Hbond substituents is 1. The number of rotatable bonds is 8. The summed E-state index contributed by atoms with van der Waals surface area (Å²) in [4.78, 5) is 2.61. The van der Waals surface area contributed by atoms with E-state index in [0.29, 0.717) is 17.8 Å². The van der Waals surface area contributed by atoms with Crippen LogP contribution in [0, 0.1) is 0 Å². The van der Waals surface area contributed by atoms with Gasteiger partial charge in [0.1, 0.15) is 5.75 Å². The van der Waals surface area contributed by atoms with Gasteiger partial charge in [-0.15, -0.1) is 0 Å². The van der Waals surface area contributed by atoms with E-state index >= 15 is 0 Å². The topological polar surface area (TPSA) is 35.5 Å². The molecule has 0 spiro atoms. The molecule has 1 aromatic rings. The Labute approximate surface area is 135 Å². The fourth-order valence-corrected chi connectivity index (χ4v) is 3.24. The summed E-state index contributed by atoms with van der Waals surface area (Å²) in [6.07, 6.45) is 7.43. The summed E-state index contributed by atoms with van der Waals surface area (Å²) in [5, 5.41) is 13.1. The summed E-state index contributed by atoms with van der Waals surface area (Å²) in [5.41, 5.74) is 1.31. The van der Waals surface area contributed by atoms with E-state index in [0.717, 1.165) is 12.8 Å². The van der Waals surface area contributed by atoms with Crippen LogP contribution in [-0.2, 0) is 6.42 Å². The van der Waals surface area contributed by atoms with Gasteiger partial charge >= 0.3 is 0 Å². The van der Waals surface area contributed by atoms with E-state index < -0.39 is 0 Å². The van der Waals surface area contributed by atoms with Gasteiger partial charge in [0.2, 0.25) is 0 Å². The number of benzene rings is 1. The number of nitrogens with zero attached hydrogens (tertiary/aromatic N) is 1. The molecule has 1 saturated heterocycles. The van der Waals surface area contributed by atoms with Crippen molar-refractivity contribution in [1.29, 1.82) is 0 Å². The highest BCUT2D eigenvalue weighted by Gasteiger charge is 2.19. The molecule has 0 amide bonds. The van der Waals surface area contributed by atoms with E-state index in [1.807, 2.05) is 12.1 Å². The normalized spacial score (nSPS) is 18.5. The Kier molecular flexibility index (Phi) is 7.20. The smallest absolute Gasteiger partial charge is 0.115 e. The molecule has 0 aromatic heterocycles. The highest BCUT2D eigenvalue weighted by Crippen LogP contribution is 2.14. The summed E-state index contributed by atoms with van der Waals surface area (Å²) >= 11 is 0. The molecular formula is C19H32N2O. The molecule has 1 aliphatic heterocycles. The van der Waals surface area contributed by atoms with Crippen LogP contribution in [0.2, 0.25) is 0 Å². The van der Waals surface area contributed by atoms with Crippen LogP contribution in [0.1, 0.15) is 51.5 Å². The average Bonchev–Trinajstić information content (AvgIpc) is 2.54. The van der Waals surface area contributed by atoms with Crippen molar-refractivity contribution in [3.63, 3.8) is 0 Å². The molecule has 1 aromatic carbocycles. The number of aryl methyl sites for hydroxylation is 1. The Morgan fingerprint density at radius 2 is 1.91 bits per heavy atom. The lowest BCUT2D eigenvalue weighted by Gasteiger charge is -2.34. The van der Waals surface area contributed by atoms with Crippen LogP contribution in [0.5, 0.6) is 5.75 Å². The minimum absolute atomic E-state index is 0.352. The lowest BCUT2D eigenvalue weighted by atomic mass is 10.0. The average molecular weight is 304 g/mol. The minimum Gasteiger partial charge on any atom is -0.508 e. The number of hydrogen-bond donors (Lipinski definition) is 2. The predicted molar refractivity (Wildman–Crippen MR) is 93.4 cm³/mol. The molecule has 2 rings (SSSR count). The van der Waals surface area contributed by atoms with Crippen molar-refractivity contribution < 1.29 is 5.11 Å². The summed E-state index contributed by atoms with van der Waals surface area (Å²) in [6, 6.07) is 8.84. The minimum atomic E-state index is 0.352. The molecule has 1 unspecified atom stereocenters. The van der Waals surface area contributed by atoms with Gasteiger partial charge in [0.15, 0.2) is 0 Å². The molecule has 1 aliphatic rings. The predicted octanol–water partition coefficient (Wildman–Crippen LogP) is 3.57. The van der Waals surface area contributed by atoms with Gasteiger partial charge in [-0.05, 0) is 76.4 Å². The van der Waals surface area contributed by atoms with Gasteiger partial charge in [-0.2, -0.15) is 0 Å². The van der Waals surface area contributed by atoms with E-state index in [4.69, 9.17) is 0 Å². The Balaban J connectivity index is 1.63. The second-order valence-electron chi connectivity index (χ2n) is 6.74. The number of hydrogen-bond acceptors (Lipinski definition) is 3. The van der Waals surface area contributed by atoms with Crippen LogP contribution < -0.4 is 5.32 Å². The molecular weight excluding hydrogens is 272 g/mol. The molecule has 2 N–H and O–H groups in total. The second-order valence-corrected chi connectivity index (χ2v) is 6.74. The van der Waals surface area contributed by atoms with E-state index in [-0.39, 0.29) is 0 Å². The zero-order valence-electron chi connectivity index (χ0n) is 14.2. The molecule has 22 heavy (non-hydrogen) atoms. The van der Waals surface area contributed by atoms with Gasteiger partial charge in [-0.25, -0.2) is 0 Å². The van der Waals surface area contributed by atoms with Gasteiger partial charge in [-0.3, -0.25) is 0 Å². The maximum absolute atomic E-state index is 9.31. The van der Waals surface area contributed by atoms with Crippen molar-refractivity contribution in [1.82, 2.24) is 10.2 Å². The zero-order chi connectivity index (χ0) is 15.8. The molecule has 1 fully saturated rings. The lowest BCUT2D eigenvalue weighted by molar-refractivity contribution is 0.189. The van der Waals surface area contributed by atoms with Crippen LogP contribution in [0.3, 0.4) is 0 Å². The summed E-state index contributed by atoms with van der Waals surface area (Å²) in [5.74, 6) is 0.352. The molecule has 0 radical (unpaired) electrons. The number of piperidine rings is 1. The first-order chi connectivity index (χ1) is 10.7. The zero-order valence-corrected chi connectivity index (χ0v) is 14.2. The third-order valence-electron chi connectivity index (χ3n) is 4.74. The van der Waals surface area contributed by atoms with Gasteiger partial charge in [0.05, 0.1) is 0 Å². The van der Waals surface area contributed by atoms with E-state index in [9.17, 15) is 5.11 Å². The SMILES string of the molecule is CCCCN1CCC(NC(C)CCc2ccc(O)cc2)CC1. The molecule has 1 heterocycles. The third kappa shape index (κ3) is 5.98. The summed E-state index contributed by atoms with van der Waals surface area (Å²) < 4.78 is 0.